The molecule has 0 heterocycles. The summed E-state index contributed by atoms with van der Waals surface area (Å²) in [5, 5.41) is 8.78. The van der Waals surface area contributed by atoms with Crippen molar-refractivity contribution in [2.45, 2.75) is 20.8 Å². The first kappa shape index (κ1) is 14.6. The lowest BCUT2D eigenvalue weighted by Gasteiger charge is -2.25. The van der Waals surface area contributed by atoms with E-state index in [1.807, 2.05) is 20.8 Å². The maximum atomic E-state index is 11.9. The first-order valence-corrected chi connectivity index (χ1v) is 6.53. The maximum Gasteiger partial charge on any atom is 0.214 e. The van der Waals surface area contributed by atoms with Crippen molar-refractivity contribution in [3.8, 4) is 0 Å². The molecule has 0 spiro atoms. The number of aliphatic hydroxyl groups is 1. The molecule has 0 saturated carbocycles. The van der Waals surface area contributed by atoms with Gasteiger partial charge < -0.3 is 5.11 Å². The molecule has 0 saturated heterocycles. The van der Waals surface area contributed by atoms with E-state index in [9.17, 15) is 8.42 Å². The quantitative estimate of drug-likeness (QED) is 0.694. The van der Waals surface area contributed by atoms with Gasteiger partial charge in [0.2, 0.25) is 10.0 Å². The molecule has 0 radical (unpaired) electrons. The summed E-state index contributed by atoms with van der Waals surface area (Å²) >= 11 is 0. The molecule has 1 N–H and O–H groups in total. The zero-order valence-corrected chi connectivity index (χ0v) is 10.5. The van der Waals surface area contributed by atoms with Gasteiger partial charge in [0, 0.05) is 13.1 Å². The van der Waals surface area contributed by atoms with E-state index < -0.39 is 10.0 Å². The number of hydrogen-bond acceptors (Lipinski definition) is 3. The highest BCUT2D eigenvalue weighted by atomic mass is 32.2. The third-order valence-corrected chi connectivity index (χ3v) is 4.04. The van der Waals surface area contributed by atoms with Crippen LogP contribution in [0.15, 0.2) is 12.7 Å². The molecule has 0 atom stereocenters. The van der Waals surface area contributed by atoms with E-state index in [4.69, 9.17) is 5.11 Å². The van der Waals surface area contributed by atoms with Crippen LogP contribution in [0.3, 0.4) is 0 Å². The Morgan fingerprint density at radius 2 is 1.93 bits per heavy atom. The summed E-state index contributed by atoms with van der Waals surface area (Å²) in [5.41, 5.74) is -0.284. The van der Waals surface area contributed by atoms with Crippen molar-refractivity contribution in [2.24, 2.45) is 5.41 Å². The number of nitrogens with zero attached hydrogens (tertiary/aromatic N) is 1. The first-order chi connectivity index (χ1) is 6.73. The monoisotopic (exact) mass is 235 g/mol. The van der Waals surface area contributed by atoms with Gasteiger partial charge in [0.1, 0.15) is 0 Å². The predicted octanol–water partition coefficient (Wildman–Crippen LogP) is 0.843. The molecule has 5 heteroatoms. The van der Waals surface area contributed by atoms with Crippen LogP contribution in [0.4, 0.5) is 0 Å². The Bertz CT molecular complexity index is 290. The van der Waals surface area contributed by atoms with Gasteiger partial charge in [-0.1, -0.05) is 26.8 Å². The lowest BCUT2D eigenvalue weighted by atomic mass is 10.0. The van der Waals surface area contributed by atoms with Crippen LogP contribution in [0.1, 0.15) is 20.8 Å². The van der Waals surface area contributed by atoms with Crippen molar-refractivity contribution >= 4 is 10.0 Å². The molecule has 90 valence electrons. The lowest BCUT2D eigenvalue weighted by Crippen LogP contribution is -2.38. The molecule has 0 aliphatic carbocycles. The van der Waals surface area contributed by atoms with Gasteiger partial charge in [-0.05, 0) is 5.41 Å². The number of hydrogen-bond donors (Lipinski definition) is 1. The number of sulfonamides is 1. The fourth-order valence-electron chi connectivity index (χ4n) is 1.24. The van der Waals surface area contributed by atoms with Crippen LogP contribution >= 0.6 is 0 Å². The first-order valence-electron chi connectivity index (χ1n) is 4.92. The average molecular weight is 235 g/mol. The molecule has 0 amide bonds. The van der Waals surface area contributed by atoms with E-state index in [1.54, 1.807) is 0 Å². The predicted molar refractivity (Wildman–Crippen MR) is 62.1 cm³/mol. The van der Waals surface area contributed by atoms with Crippen LogP contribution in [0.2, 0.25) is 0 Å². The largest absolute Gasteiger partial charge is 0.395 e. The fourth-order valence-corrected chi connectivity index (χ4v) is 3.21. The molecular formula is C10H21NO3S. The molecule has 0 unspecified atom stereocenters. The molecule has 0 aromatic rings. The molecule has 0 bridgehead atoms. The summed E-state index contributed by atoms with van der Waals surface area (Å²) in [6.07, 6.45) is 1.52. The molecule has 0 aromatic carbocycles. The van der Waals surface area contributed by atoms with Crippen LogP contribution in [0.25, 0.3) is 0 Å². The van der Waals surface area contributed by atoms with E-state index in [0.29, 0.717) is 0 Å². The van der Waals surface area contributed by atoms with Crippen LogP contribution < -0.4 is 0 Å². The second-order valence-corrected chi connectivity index (χ2v) is 6.66. The molecule has 0 rings (SSSR count). The molecule has 4 nitrogen and oxygen atoms in total. The summed E-state index contributed by atoms with van der Waals surface area (Å²) in [4.78, 5) is 0. The molecule has 0 fully saturated rings. The summed E-state index contributed by atoms with van der Waals surface area (Å²) in [7, 11) is -3.30. The van der Waals surface area contributed by atoms with Gasteiger partial charge in [-0.25, -0.2) is 8.42 Å². The van der Waals surface area contributed by atoms with Crippen molar-refractivity contribution in [3.63, 3.8) is 0 Å². The van der Waals surface area contributed by atoms with E-state index >= 15 is 0 Å². The van der Waals surface area contributed by atoms with Crippen molar-refractivity contribution < 1.29 is 13.5 Å². The minimum absolute atomic E-state index is 0.0772. The van der Waals surface area contributed by atoms with Gasteiger partial charge in [0.25, 0.3) is 0 Å². The minimum Gasteiger partial charge on any atom is -0.395 e. The van der Waals surface area contributed by atoms with Gasteiger partial charge in [-0.3, -0.25) is 0 Å². The van der Waals surface area contributed by atoms with Gasteiger partial charge in [-0.15, -0.1) is 6.58 Å². The summed E-state index contributed by atoms with van der Waals surface area (Å²) in [6.45, 7) is 9.33. The Hall–Kier alpha value is -0.390. The zero-order valence-electron chi connectivity index (χ0n) is 9.73. The van der Waals surface area contributed by atoms with Gasteiger partial charge >= 0.3 is 0 Å². The van der Waals surface area contributed by atoms with Gasteiger partial charge in [-0.2, -0.15) is 4.31 Å². The SMILES string of the molecule is C=CCN(CCO)S(=O)(=O)CC(C)(C)C. The minimum atomic E-state index is -3.30. The smallest absolute Gasteiger partial charge is 0.214 e. The second kappa shape index (κ2) is 5.63. The van der Waals surface area contributed by atoms with Crippen LogP contribution in [-0.4, -0.2) is 43.3 Å². The standard InChI is InChI=1S/C10H21NO3S/c1-5-6-11(7-8-12)15(13,14)9-10(2,3)4/h5,12H,1,6-9H2,2-4H3. The van der Waals surface area contributed by atoms with Gasteiger partial charge in [0.15, 0.2) is 0 Å². The summed E-state index contributed by atoms with van der Waals surface area (Å²) < 4.78 is 25.0. The molecule has 0 aliphatic heterocycles. The molecule has 15 heavy (non-hydrogen) atoms. The zero-order chi connectivity index (χ0) is 12.1. The van der Waals surface area contributed by atoms with Crippen LogP contribution in [0, 0.1) is 5.41 Å². The molecule has 0 aliphatic rings. The van der Waals surface area contributed by atoms with Crippen LogP contribution in [0.5, 0.6) is 0 Å². The highest BCUT2D eigenvalue weighted by Crippen LogP contribution is 2.18. The van der Waals surface area contributed by atoms with E-state index in [2.05, 4.69) is 6.58 Å². The summed E-state index contributed by atoms with van der Waals surface area (Å²) in [6, 6.07) is 0. The Balaban J connectivity index is 4.71. The van der Waals surface area contributed by atoms with Crippen molar-refractivity contribution in [1.29, 1.82) is 0 Å². The Morgan fingerprint density at radius 3 is 2.27 bits per heavy atom. The third kappa shape index (κ3) is 5.92. The van der Waals surface area contributed by atoms with E-state index in [-0.39, 0.29) is 30.9 Å². The normalized spacial score (nSPS) is 13.1. The van der Waals surface area contributed by atoms with E-state index in [0.717, 1.165) is 0 Å². The Morgan fingerprint density at radius 1 is 1.40 bits per heavy atom. The Kier molecular flexibility index (Phi) is 5.48. The van der Waals surface area contributed by atoms with Crippen molar-refractivity contribution in [1.82, 2.24) is 4.31 Å². The summed E-state index contributed by atoms with van der Waals surface area (Å²) in [5.74, 6) is 0.0772. The van der Waals surface area contributed by atoms with E-state index in [1.165, 1.54) is 10.4 Å². The maximum absolute atomic E-state index is 11.9. The third-order valence-electron chi connectivity index (χ3n) is 1.69. The van der Waals surface area contributed by atoms with Gasteiger partial charge in [0.05, 0.1) is 12.4 Å². The number of aliphatic hydroxyl groups excluding tert-OH is 1. The van der Waals surface area contributed by atoms with Crippen molar-refractivity contribution in [2.75, 3.05) is 25.4 Å². The fraction of sp³-hybridized carbons (Fsp3) is 0.800. The topological polar surface area (TPSA) is 57.6 Å². The molecular weight excluding hydrogens is 214 g/mol. The van der Waals surface area contributed by atoms with Crippen LogP contribution in [-0.2, 0) is 10.0 Å². The second-order valence-electron chi connectivity index (χ2n) is 4.69. The molecule has 0 aromatic heterocycles. The highest BCUT2D eigenvalue weighted by Gasteiger charge is 2.26. The Labute approximate surface area is 92.6 Å². The average Bonchev–Trinajstić information content (AvgIpc) is 1.99. The lowest BCUT2D eigenvalue weighted by molar-refractivity contribution is 0.259. The van der Waals surface area contributed by atoms with Crippen molar-refractivity contribution in [3.05, 3.63) is 12.7 Å². The number of rotatable bonds is 6. The highest BCUT2D eigenvalue weighted by molar-refractivity contribution is 7.89.